The van der Waals surface area contributed by atoms with Crippen molar-refractivity contribution in [3.05, 3.63) is 38.3 Å². The van der Waals surface area contributed by atoms with Crippen LogP contribution in [0.4, 0.5) is 5.69 Å². The molecule has 0 saturated heterocycles. The molecule has 1 atom stereocenters. The maximum atomic E-state index is 11.8. The van der Waals surface area contributed by atoms with Crippen LogP contribution < -0.4 is 10.9 Å². The third kappa shape index (κ3) is 3.90. The van der Waals surface area contributed by atoms with Crippen LogP contribution in [0, 0.1) is 10.1 Å². The number of carboxylic acid groups (broad SMARTS) is 1. The molecule has 1 rings (SSSR count). The molecule has 0 aliphatic heterocycles. The Hall–Kier alpha value is -2.71. The summed E-state index contributed by atoms with van der Waals surface area (Å²) in [5.41, 5.74) is -1.64. The SMILES string of the molecule is CCC(CC(=O)O)NC(=O)c1cc([N+](=O)[O-])c[nH]c1=O. The molecule has 1 unspecified atom stereocenters. The molecule has 108 valence electrons. The van der Waals surface area contributed by atoms with Gasteiger partial charge in [0.1, 0.15) is 5.56 Å². The lowest BCUT2D eigenvalue weighted by Crippen LogP contribution is -2.38. The first-order chi connectivity index (χ1) is 9.35. The van der Waals surface area contributed by atoms with Crippen LogP contribution in [-0.2, 0) is 4.79 Å². The van der Waals surface area contributed by atoms with Crippen LogP contribution in [0.25, 0.3) is 0 Å². The van der Waals surface area contributed by atoms with Gasteiger partial charge in [0.05, 0.1) is 17.5 Å². The van der Waals surface area contributed by atoms with Crippen molar-refractivity contribution in [1.29, 1.82) is 0 Å². The van der Waals surface area contributed by atoms with E-state index in [0.29, 0.717) is 6.42 Å². The number of carboxylic acids is 1. The van der Waals surface area contributed by atoms with Crippen LogP contribution in [0.3, 0.4) is 0 Å². The van der Waals surface area contributed by atoms with Crippen molar-refractivity contribution in [3.63, 3.8) is 0 Å². The highest BCUT2D eigenvalue weighted by molar-refractivity contribution is 5.94. The van der Waals surface area contributed by atoms with E-state index in [2.05, 4.69) is 10.3 Å². The minimum absolute atomic E-state index is 0.297. The van der Waals surface area contributed by atoms with E-state index in [1.54, 1.807) is 6.92 Å². The Balaban J connectivity index is 2.96. The highest BCUT2D eigenvalue weighted by atomic mass is 16.6. The third-order valence-corrected chi connectivity index (χ3v) is 2.59. The second-order valence-electron chi connectivity index (χ2n) is 4.03. The topological polar surface area (TPSA) is 142 Å². The number of H-pyrrole nitrogens is 1. The molecule has 9 nitrogen and oxygen atoms in total. The van der Waals surface area contributed by atoms with Gasteiger partial charge < -0.3 is 15.4 Å². The normalized spacial score (nSPS) is 11.7. The lowest BCUT2D eigenvalue weighted by Gasteiger charge is -2.14. The minimum atomic E-state index is -1.09. The standard InChI is InChI=1S/C11H13N3O6/c1-2-6(3-9(15)16)13-11(18)8-4-7(14(19)20)5-12-10(8)17/h4-6H,2-3H2,1H3,(H,12,17)(H,13,18)(H,15,16). The van der Waals surface area contributed by atoms with Gasteiger partial charge in [-0.05, 0) is 6.42 Å². The molecule has 9 heteroatoms. The summed E-state index contributed by atoms with van der Waals surface area (Å²) in [6.45, 7) is 1.67. The Bertz CT molecular complexity index is 594. The maximum absolute atomic E-state index is 11.8. The Morgan fingerprint density at radius 1 is 1.55 bits per heavy atom. The molecule has 0 aliphatic rings. The average Bonchev–Trinajstić information content (AvgIpc) is 2.37. The third-order valence-electron chi connectivity index (χ3n) is 2.59. The number of carbonyl (C=O) groups is 2. The van der Waals surface area contributed by atoms with Crippen LogP contribution in [0.2, 0.25) is 0 Å². The van der Waals surface area contributed by atoms with E-state index in [1.165, 1.54) is 0 Å². The molecule has 1 amide bonds. The summed E-state index contributed by atoms with van der Waals surface area (Å²) in [6, 6.07) is 0.195. The number of amides is 1. The summed E-state index contributed by atoms with van der Waals surface area (Å²) in [7, 11) is 0. The molecule has 0 spiro atoms. The molecule has 0 radical (unpaired) electrons. The van der Waals surface area contributed by atoms with Crippen molar-refractivity contribution in [1.82, 2.24) is 10.3 Å². The van der Waals surface area contributed by atoms with Crippen molar-refractivity contribution < 1.29 is 19.6 Å². The number of rotatable bonds is 6. The Kier molecular flexibility index (Phi) is 4.95. The molecule has 0 aromatic carbocycles. The van der Waals surface area contributed by atoms with Crippen molar-refractivity contribution in [2.45, 2.75) is 25.8 Å². The number of aromatic nitrogens is 1. The zero-order valence-electron chi connectivity index (χ0n) is 10.6. The second kappa shape index (κ2) is 6.45. The highest BCUT2D eigenvalue weighted by Gasteiger charge is 2.19. The maximum Gasteiger partial charge on any atom is 0.305 e. The van der Waals surface area contributed by atoms with Crippen LogP contribution in [0.5, 0.6) is 0 Å². The zero-order chi connectivity index (χ0) is 15.3. The number of carbonyl (C=O) groups excluding carboxylic acids is 1. The van der Waals surface area contributed by atoms with Gasteiger partial charge in [-0.3, -0.25) is 24.5 Å². The van der Waals surface area contributed by atoms with E-state index in [4.69, 9.17) is 5.11 Å². The molecule has 1 heterocycles. The minimum Gasteiger partial charge on any atom is -0.481 e. The van der Waals surface area contributed by atoms with Gasteiger partial charge in [-0.1, -0.05) is 6.92 Å². The van der Waals surface area contributed by atoms with Crippen molar-refractivity contribution in [2.75, 3.05) is 0 Å². The number of pyridine rings is 1. The van der Waals surface area contributed by atoms with Gasteiger partial charge in [0.15, 0.2) is 0 Å². The average molecular weight is 283 g/mol. The Morgan fingerprint density at radius 3 is 2.70 bits per heavy atom. The van der Waals surface area contributed by atoms with Crippen LogP contribution in [0.15, 0.2) is 17.1 Å². The van der Waals surface area contributed by atoms with Crippen molar-refractivity contribution >= 4 is 17.6 Å². The summed E-state index contributed by atoms with van der Waals surface area (Å²) in [5, 5.41) is 21.6. The molecule has 0 aliphatic carbocycles. The fraction of sp³-hybridized carbons (Fsp3) is 0.364. The lowest BCUT2D eigenvalue weighted by atomic mass is 10.1. The van der Waals surface area contributed by atoms with Crippen LogP contribution in [-0.4, -0.2) is 32.9 Å². The molecule has 0 fully saturated rings. The monoisotopic (exact) mass is 283 g/mol. The van der Waals surface area contributed by atoms with E-state index >= 15 is 0 Å². The Labute approximate surface area is 112 Å². The van der Waals surface area contributed by atoms with Crippen LogP contribution in [0.1, 0.15) is 30.1 Å². The van der Waals surface area contributed by atoms with Gasteiger partial charge in [-0.25, -0.2) is 0 Å². The fourth-order valence-electron chi connectivity index (χ4n) is 1.52. The molecule has 0 saturated carbocycles. The number of nitrogens with zero attached hydrogens (tertiary/aromatic N) is 1. The van der Waals surface area contributed by atoms with Gasteiger partial charge in [-0.2, -0.15) is 0 Å². The lowest BCUT2D eigenvalue weighted by molar-refractivity contribution is -0.385. The number of hydrogen-bond donors (Lipinski definition) is 3. The number of nitrogens with one attached hydrogen (secondary N) is 2. The largest absolute Gasteiger partial charge is 0.481 e. The van der Waals surface area contributed by atoms with Gasteiger partial charge >= 0.3 is 5.97 Å². The number of nitro groups is 1. The molecule has 1 aromatic heterocycles. The van der Waals surface area contributed by atoms with E-state index in [0.717, 1.165) is 12.3 Å². The van der Waals surface area contributed by atoms with E-state index in [9.17, 15) is 24.5 Å². The molecule has 20 heavy (non-hydrogen) atoms. The zero-order valence-corrected chi connectivity index (χ0v) is 10.6. The number of hydrogen-bond acceptors (Lipinski definition) is 5. The molecular weight excluding hydrogens is 270 g/mol. The van der Waals surface area contributed by atoms with Crippen LogP contribution >= 0.6 is 0 Å². The summed E-state index contributed by atoms with van der Waals surface area (Å²) in [5.74, 6) is -1.94. The molecule has 3 N–H and O–H groups in total. The first kappa shape index (κ1) is 15.3. The first-order valence-corrected chi connectivity index (χ1v) is 5.75. The van der Waals surface area contributed by atoms with Crippen molar-refractivity contribution in [2.24, 2.45) is 0 Å². The highest BCUT2D eigenvalue weighted by Crippen LogP contribution is 2.09. The van der Waals surface area contributed by atoms with Gasteiger partial charge in [0.25, 0.3) is 17.2 Å². The summed E-state index contributed by atoms with van der Waals surface area (Å²) < 4.78 is 0. The molecule has 1 aromatic rings. The first-order valence-electron chi connectivity index (χ1n) is 5.75. The summed E-state index contributed by atoms with van der Waals surface area (Å²) in [4.78, 5) is 45.8. The second-order valence-corrected chi connectivity index (χ2v) is 4.03. The summed E-state index contributed by atoms with van der Waals surface area (Å²) in [6.07, 6.45) is 0.938. The quantitative estimate of drug-likeness (QED) is 0.505. The Morgan fingerprint density at radius 2 is 2.20 bits per heavy atom. The molecular formula is C11H13N3O6. The van der Waals surface area contributed by atoms with Crippen molar-refractivity contribution in [3.8, 4) is 0 Å². The van der Waals surface area contributed by atoms with Gasteiger partial charge in [0.2, 0.25) is 0 Å². The smallest absolute Gasteiger partial charge is 0.305 e. The van der Waals surface area contributed by atoms with Gasteiger partial charge in [0, 0.05) is 12.1 Å². The predicted molar refractivity (Wildman–Crippen MR) is 67.5 cm³/mol. The predicted octanol–water partition coefficient (Wildman–Crippen LogP) is 0.266. The molecule has 0 bridgehead atoms. The van der Waals surface area contributed by atoms with Gasteiger partial charge in [-0.15, -0.1) is 0 Å². The van der Waals surface area contributed by atoms with E-state index in [1.807, 2.05) is 0 Å². The fourth-order valence-corrected chi connectivity index (χ4v) is 1.52. The number of aliphatic carboxylic acids is 1. The summed E-state index contributed by atoms with van der Waals surface area (Å²) >= 11 is 0. The van der Waals surface area contributed by atoms with E-state index < -0.39 is 39.7 Å². The number of aromatic amines is 1. The van der Waals surface area contributed by atoms with E-state index in [-0.39, 0.29) is 6.42 Å².